The smallest absolute Gasteiger partial charge is 0.414 e. The lowest BCUT2D eigenvalue weighted by Gasteiger charge is -2.28. The molecule has 0 radical (unpaired) electrons. The van der Waals surface area contributed by atoms with Crippen LogP contribution < -0.4 is 10.2 Å². The molecule has 1 N–H and O–H groups in total. The number of morpholine rings is 1. The molecule has 10 nitrogen and oxygen atoms in total. The minimum Gasteiger partial charge on any atom is -0.442 e. The Bertz CT molecular complexity index is 917. The molecule has 1 aromatic carbocycles. The predicted octanol–water partition coefficient (Wildman–Crippen LogP) is 0.639. The van der Waals surface area contributed by atoms with Gasteiger partial charge < -0.3 is 24.5 Å². The molecule has 1 unspecified atom stereocenters. The van der Waals surface area contributed by atoms with Gasteiger partial charge in [0.05, 0.1) is 37.7 Å². The second-order valence-corrected chi connectivity index (χ2v) is 7.49. The lowest BCUT2D eigenvalue weighted by atomic mass is 10.0. The number of oxime groups is 1. The molecule has 1 aromatic rings. The zero-order valence-corrected chi connectivity index (χ0v) is 17.0. The molecule has 166 valence electrons. The summed E-state index contributed by atoms with van der Waals surface area (Å²) >= 11 is 0. The lowest BCUT2D eigenvalue weighted by Crippen LogP contribution is -2.45. The van der Waals surface area contributed by atoms with E-state index < -0.39 is 24.1 Å². The van der Waals surface area contributed by atoms with E-state index in [4.69, 9.17) is 14.3 Å². The Labute approximate surface area is 177 Å². The average molecular weight is 434 g/mol. The van der Waals surface area contributed by atoms with E-state index in [1.54, 1.807) is 11.0 Å². The van der Waals surface area contributed by atoms with Crippen LogP contribution >= 0.6 is 0 Å². The normalized spacial score (nSPS) is 23.3. The van der Waals surface area contributed by atoms with Crippen LogP contribution in [0.2, 0.25) is 0 Å². The van der Waals surface area contributed by atoms with Crippen molar-refractivity contribution >= 4 is 29.3 Å². The van der Waals surface area contributed by atoms with Gasteiger partial charge in [-0.25, -0.2) is 9.18 Å². The van der Waals surface area contributed by atoms with E-state index >= 15 is 0 Å². The molecule has 3 aliphatic heterocycles. The molecular weight excluding hydrogens is 411 g/mol. The van der Waals surface area contributed by atoms with Gasteiger partial charge in [-0.2, -0.15) is 0 Å². The third-order valence-corrected chi connectivity index (χ3v) is 5.30. The zero-order chi connectivity index (χ0) is 22.0. The summed E-state index contributed by atoms with van der Waals surface area (Å²) in [7, 11) is 0. The fourth-order valence-electron chi connectivity index (χ4n) is 3.66. The van der Waals surface area contributed by atoms with Crippen LogP contribution in [0.1, 0.15) is 18.9 Å². The molecule has 0 saturated carbocycles. The molecule has 0 bridgehead atoms. The maximum atomic E-state index is 14.8. The molecule has 2 fully saturated rings. The lowest BCUT2D eigenvalue weighted by molar-refractivity contribution is -0.146. The summed E-state index contributed by atoms with van der Waals surface area (Å²) in [6.07, 6.45) is -1.74. The summed E-state index contributed by atoms with van der Waals surface area (Å²) in [5.74, 6) is -1.00. The molecule has 0 aromatic heterocycles. The van der Waals surface area contributed by atoms with Crippen LogP contribution in [-0.4, -0.2) is 80.1 Å². The number of anilines is 1. The first kappa shape index (κ1) is 21.0. The minimum atomic E-state index is -0.782. The number of nitrogens with one attached hydrogen (secondary N) is 1. The number of cyclic esters (lactones) is 1. The first-order valence-corrected chi connectivity index (χ1v) is 10.0. The summed E-state index contributed by atoms with van der Waals surface area (Å²) in [5, 5.41) is 6.50. The third-order valence-electron chi connectivity index (χ3n) is 5.30. The van der Waals surface area contributed by atoms with Crippen molar-refractivity contribution in [2.45, 2.75) is 25.6 Å². The number of hydrogen-bond acceptors (Lipinski definition) is 7. The highest BCUT2D eigenvalue weighted by Gasteiger charge is 2.35. The summed E-state index contributed by atoms with van der Waals surface area (Å²) in [6, 6.07) is 4.31. The fraction of sp³-hybridized carbons (Fsp3) is 0.500. The molecule has 0 spiro atoms. The second kappa shape index (κ2) is 8.88. The summed E-state index contributed by atoms with van der Waals surface area (Å²) in [6.45, 7) is 3.69. The van der Waals surface area contributed by atoms with Crippen molar-refractivity contribution in [3.63, 3.8) is 0 Å². The van der Waals surface area contributed by atoms with Gasteiger partial charge in [0.1, 0.15) is 11.9 Å². The molecule has 3 amide bonds. The topological polar surface area (TPSA) is 110 Å². The van der Waals surface area contributed by atoms with Crippen molar-refractivity contribution in [1.82, 2.24) is 10.2 Å². The predicted molar refractivity (Wildman–Crippen MR) is 106 cm³/mol. The van der Waals surface area contributed by atoms with E-state index in [0.717, 1.165) is 0 Å². The quantitative estimate of drug-likeness (QED) is 0.728. The second-order valence-electron chi connectivity index (χ2n) is 7.49. The molecule has 4 rings (SSSR count). The van der Waals surface area contributed by atoms with Gasteiger partial charge in [-0.1, -0.05) is 5.16 Å². The summed E-state index contributed by atoms with van der Waals surface area (Å²) in [4.78, 5) is 43.9. The monoisotopic (exact) mass is 434 g/mol. The van der Waals surface area contributed by atoms with Crippen molar-refractivity contribution in [2.24, 2.45) is 5.16 Å². The molecule has 0 aliphatic carbocycles. The van der Waals surface area contributed by atoms with Gasteiger partial charge in [-0.15, -0.1) is 0 Å². The largest absolute Gasteiger partial charge is 0.442 e. The van der Waals surface area contributed by atoms with Gasteiger partial charge in [0.25, 0.3) is 5.91 Å². The molecule has 3 aliphatic rings. The van der Waals surface area contributed by atoms with Crippen molar-refractivity contribution in [1.29, 1.82) is 0 Å². The highest BCUT2D eigenvalue weighted by molar-refractivity contribution is 6.04. The van der Waals surface area contributed by atoms with E-state index in [2.05, 4.69) is 10.5 Å². The van der Waals surface area contributed by atoms with Crippen LogP contribution in [0, 0.1) is 5.82 Å². The van der Waals surface area contributed by atoms with Crippen LogP contribution in [-0.2, 0) is 23.9 Å². The van der Waals surface area contributed by atoms with E-state index in [1.807, 2.05) is 0 Å². The first-order valence-electron chi connectivity index (χ1n) is 10.0. The van der Waals surface area contributed by atoms with Crippen LogP contribution in [0.3, 0.4) is 0 Å². The number of ether oxygens (including phenoxy) is 2. The number of carbonyl (C=O) groups is 3. The standard InChI is InChI=1S/C20H23FN4O6/c1-12(26)22-10-14-11-25(20(28)30-14)13-2-3-15(16(21)8-13)17-9-18(31-23-17)19(27)24-4-6-29-7-5-24/h2-3,8,14,18H,4-7,9-11H2,1H3,(H,22,26)/t14-,18?/m0/s1. The van der Waals surface area contributed by atoms with Crippen LogP contribution in [0.5, 0.6) is 0 Å². The maximum Gasteiger partial charge on any atom is 0.414 e. The van der Waals surface area contributed by atoms with Crippen LogP contribution in [0.4, 0.5) is 14.9 Å². The van der Waals surface area contributed by atoms with Crippen molar-refractivity contribution < 1.29 is 33.1 Å². The molecule has 3 heterocycles. The van der Waals surface area contributed by atoms with Gasteiger partial charge in [-0.3, -0.25) is 14.5 Å². The molecule has 31 heavy (non-hydrogen) atoms. The number of carbonyl (C=O) groups excluding carboxylic acids is 3. The van der Waals surface area contributed by atoms with E-state index in [9.17, 15) is 18.8 Å². The number of benzene rings is 1. The Morgan fingerprint density at radius 3 is 2.77 bits per heavy atom. The Kier molecular flexibility index (Phi) is 6.03. The summed E-state index contributed by atoms with van der Waals surface area (Å²) < 4.78 is 25.3. The number of halogens is 1. The SMILES string of the molecule is CC(=O)NC[C@H]1CN(c2ccc(C3=NOC(C(=O)N4CCOCC4)C3)c(F)c2)C(=O)O1. The molecule has 2 atom stereocenters. The van der Waals surface area contributed by atoms with Crippen molar-refractivity contribution in [2.75, 3.05) is 44.3 Å². The molecular formula is C20H23FN4O6. The zero-order valence-electron chi connectivity index (χ0n) is 17.0. The number of amides is 3. The van der Waals surface area contributed by atoms with Crippen LogP contribution in [0.25, 0.3) is 0 Å². The summed E-state index contributed by atoms with van der Waals surface area (Å²) in [5.41, 5.74) is 0.878. The highest BCUT2D eigenvalue weighted by atomic mass is 19.1. The highest BCUT2D eigenvalue weighted by Crippen LogP contribution is 2.27. The number of rotatable bonds is 5. The van der Waals surface area contributed by atoms with E-state index in [1.165, 1.54) is 24.0 Å². The Hall–Kier alpha value is -3.21. The van der Waals surface area contributed by atoms with E-state index in [0.29, 0.717) is 37.7 Å². The first-order chi connectivity index (χ1) is 14.9. The minimum absolute atomic E-state index is 0.164. The number of hydrogen-bond donors (Lipinski definition) is 1. The molecule has 2 saturated heterocycles. The van der Waals surface area contributed by atoms with Crippen LogP contribution in [0.15, 0.2) is 23.4 Å². The van der Waals surface area contributed by atoms with Crippen molar-refractivity contribution in [3.05, 3.63) is 29.6 Å². The van der Waals surface area contributed by atoms with Gasteiger partial charge in [0.15, 0.2) is 0 Å². The third kappa shape index (κ3) is 4.61. The Morgan fingerprint density at radius 1 is 1.29 bits per heavy atom. The fourth-order valence-corrected chi connectivity index (χ4v) is 3.66. The average Bonchev–Trinajstić information content (AvgIpc) is 3.39. The number of nitrogens with zero attached hydrogens (tertiary/aromatic N) is 3. The van der Waals surface area contributed by atoms with E-state index in [-0.39, 0.29) is 36.9 Å². The Morgan fingerprint density at radius 2 is 2.06 bits per heavy atom. The Balaban J connectivity index is 1.39. The van der Waals surface area contributed by atoms with Gasteiger partial charge >= 0.3 is 6.09 Å². The maximum absolute atomic E-state index is 14.8. The van der Waals surface area contributed by atoms with Gasteiger partial charge in [0, 0.05) is 32.0 Å². The van der Waals surface area contributed by atoms with Gasteiger partial charge in [0.2, 0.25) is 12.0 Å². The van der Waals surface area contributed by atoms with Gasteiger partial charge in [-0.05, 0) is 18.2 Å². The molecule has 11 heteroatoms. The van der Waals surface area contributed by atoms with Crippen molar-refractivity contribution in [3.8, 4) is 0 Å².